The van der Waals surface area contributed by atoms with Gasteiger partial charge in [0.1, 0.15) is 11.6 Å². The lowest BCUT2D eigenvalue weighted by molar-refractivity contribution is -0.150. The molecule has 0 aromatic heterocycles. The van der Waals surface area contributed by atoms with Crippen LogP contribution in [0.15, 0.2) is 48.5 Å². The summed E-state index contributed by atoms with van der Waals surface area (Å²) in [5.74, 6) is -1.39. The molecule has 0 fully saturated rings. The molecule has 0 bridgehead atoms. The van der Waals surface area contributed by atoms with Crippen LogP contribution in [0.1, 0.15) is 25.3 Å². The van der Waals surface area contributed by atoms with Crippen molar-refractivity contribution in [3.05, 3.63) is 59.9 Å². The summed E-state index contributed by atoms with van der Waals surface area (Å²) < 4.78 is 23.4. The van der Waals surface area contributed by atoms with Crippen molar-refractivity contribution < 1.29 is 28.2 Å². The standard InChI is InChI=1S/C20H21FN2O5/c1-13(2)14-7-9-15(10-8-14)27-12-19(25)28-11-18(24)23-20(26)22-17-6-4-3-5-16(17)21/h3-10,13H,11-12H2,1-2H3,(H2,22,23,24,26). The van der Waals surface area contributed by atoms with Crippen molar-refractivity contribution in [1.82, 2.24) is 5.32 Å². The fourth-order valence-corrected chi connectivity index (χ4v) is 2.16. The van der Waals surface area contributed by atoms with Crippen molar-refractivity contribution >= 4 is 23.6 Å². The summed E-state index contributed by atoms with van der Waals surface area (Å²) in [4.78, 5) is 34.9. The van der Waals surface area contributed by atoms with Gasteiger partial charge >= 0.3 is 12.0 Å². The number of urea groups is 1. The number of ether oxygens (including phenoxy) is 2. The van der Waals surface area contributed by atoms with Crippen LogP contribution < -0.4 is 15.4 Å². The van der Waals surface area contributed by atoms with Gasteiger partial charge in [-0.3, -0.25) is 10.1 Å². The predicted molar refractivity (Wildman–Crippen MR) is 101 cm³/mol. The Labute approximate surface area is 161 Å². The maximum atomic E-state index is 13.4. The molecule has 8 heteroatoms. The first-order chi connectivity index (χ1) is 13.3. The van der Waals surface area contributed by atoms with Crippen LogP contribution in [-0.4, -0.2) is 31.1 Å². The Bertz CT molecular complexity index is 837. The van der Waals surface area contributed by atoms with Crippen LogP contribution in [0.25, 0.3) is 0 Å². The molecule has 0 heterocycles. The van der Waals surface area contributed by atoms with E-state index in [1.165, 1.54) is 18.2 Å². The van der Waals surface area contributed by atoms with Gasteiger partial charge in [0.15, 0.2) is 13.2 Å². The number of halogens is 1. The highest BCUT2D eigenvalue weighted by Crippen LogP contribution is 2.18. The Balaban J connectivity index is 1.69. The first-order valence-corrected chi connectivity index (χ1v) is 8.59. The summed E-state index contributed by atoms with van der Waals surface area (Å²) in [6, 6.07) is 11.8. The number of hydrogen-bond acceptors (Lipinski definition) is 5. The summed E-state index contributed by atoms with van der Waals surface area (Å²) in [5.41, 5.74) is 1.06. The molecule has 0 aliphatic heterocycles. The molecule has 28 heavy (non-hydrogen) atoms. The number of nitrogens with one attached hydrogen (secondary N) is 2. The van der Waals surface area contributed by atoms with Gasteiger partial charge in [0, 0.05) is 0 Å². The third kappa shape index (κ3) is 6.71. The van der Waals surface area contributed by atoms with Crippen LogP contribution in [0.4, 0.5) is 14.9 Å². The number of carbonyl (C=O) groups excluding carboxylic acids is 3. The van der Waals surface area contributed by atoms with Gasteiger partial charge in [0.05, 0.1) is 5.69 Å². The second kappa shape index (κ2) is 10.1. The van der Waals surface area contributed by atoms with E-state index in [0.29, 0.717) is 11.7 Å². The van der Waals surface area contributed by atoms with Crippen LogP contribution in [0, 0.1) is 5.82 Å². The first kappa shape index (κ1) is 20.9. The monoisotopic (exact) mass is 388 g/mol. The van der Waals surface area contributed by atoms with E-state index in [0.717, 1.165) is 11.6 Å². The minimum atomic E-state index is -0.937. The molecular weight excluding hydrogens is 367 g/mol. The Morgan fingerprint density at radius 1 is 1.00 bits per heavy atom. The van der Waals surface area contributed by atoms with Crippen molar-refractivity contribution in [2.24, 2.45) is 0 Å². The van der Waals surface area contributed by atoms with E-state index in [1.54, 1.807) is 12.1 Å². The zero-order valence-electron chi connectivity index (χ0n) is 15.5. The third-order valence-corrected chi connectivity index (χ3v) is 3.64. The van der Waals surface area contributed by atoms with Crippen molar-refractivity contribution in [2.75, 3.05) is 18.5 Å². The second-order valence-corrected chi connectivity index (χ2v) is 6.16. The number of para-hydroxylation sites is 1. The van der Waals surface area contributed by atoms with Crippen LogP contribution >= 0.6 is 0 Å². The molecule has 2 aromatic rings. The number of imide groups is 1. The van der Waals surface area contributed by atoms with E-state index in [9.17, 15) is 18.8 Å². The summed E-state index contributed by atoms with van der Waals surface area (Å²) in [6.07, 6.45) is 0. The number of carbonyl (C=O) groups is 3. The van der Waals surface area contributed by atoms with E-state index in [1.807, 2.05) is 17.4 Å². The zero-order chi connectivity index (χ0) is 20.5. The Morgan fingerprint density at radius 2 is 1.68 bits per heavy atom. The van der Waals surface area contributed by atoms with E-state index < -0.39 is 30.3 Å². The van der Waals surface area contributed by atoms with Crippen LogP contribution in [0.5, 0.6) is 5.75 Å². The molecular formula is C20H21FN2O5. The molecule has 0 unspecified atom stereocenters. The van der Waals surface area contributed by atoms with E-state index >= 15 is 0 Å². The van der Waals surface area contributed by atoms with Gasteiger partial charge in [-0.15, -0.1) is 0 Å². The van der Waals surface area contributed by atoms with E-state index in [-0.39, 0.29) is 12.3 Å². The number of hydrogen-bond donors (Lipinski definition) is 2. The van der Waals surface area contributed by atoms with Crippen molar-refractivity contribution in [1.29, 1.82) is 0 Å². The number of esters is 1. The third-order valence-electron chi connectivity index (χ3n) is 3.64. The van der Waals surface area contributed by atoms with Crippen molar-refractivity contribution in [3.63, 3.8) is 0 Å². The average molecular weight is 388 g/mol. The first-order valence-electron chi connectivity index (χ1n) is 8.59. The lowest BCUT2D eigenvalue weighted by Gasteiger charge is -2.09. The van der Waals surface area contributed by atoms with E-state index in [4.69, 9.17) is 9.47 Å². The summed E-state index contributed by atoms with van der Waals surface area (Å²) >= 11 is 0. The molecule has 0 radical (unpaired) electrons. The number of rotatable bonds is 7. The molecule has 7 nitrogen and oxygen atoms in total. The minimum absolute atomic E-state index is 0.0818. The molecule has 2 aromatic carbocycles. The lowest BCUT2D eigenvalue weighted by atomic mass is 10.0. The number of anilines is 1. The predicted octanol–water partition coefficient (Wildman–Crippen LogP) is 3.22. The summed E-state index contributed by atoms with van der Waals surface area (Å²) in [7, 11) is 0. The fraction of sp³-hybridized carbons (Fsp3) is 0.250. The summed E-state index contributed by atoms with van der Waals surface area (Å²) in [5, 5.41) is 4.10. The maximum absolute atomic E-state index is 13.4. The van der Waals surface area contributed by atoms with Gasteiger partial charge in [-0.1, -0.05) is 38.1 Å². The fourth-order valence-electron chi connectivity index (χ4n) is 2.16. The SMILES string of the molecule is CC(C)c1ccc(OCC(=O)OCC(=O)NC(=O)Nc2ccccc2F)cc1. The molecule has 2 rings (SSSR count). The molecule has 0 saturated carbocycles. The zero-order valence-corrected chi connectivity index (χ0v) is 15.5. The van der Waals surface area contributed by atoms with Gasteiger partial charge in [-0.05, 0) is 35.7 Å². The van der Waals surface area contributed by atoms with Gasteiger partial charge in [-0.25, -0.2) is 14.0 Å². The Kier molecular flexibility index (Phi) is 7.50. The van der Waals surface area contributed by atoms with Gasteiger partial charge in [-0.2, -0.15) is 0 Å². The van der Waals surface area contributed by atoms with Crippen LogP contribution in [-0.2, 0) is 14.3 Å². The number of benzene rings is 2. The van der Waals surface area contributed by atoms with Crippen LogP contribution in [0.3, 0.4) is 0 Å². The molecule has 0 aliphatic carbocycles. The Hall–Kier alpha value is -3.42. The molecule has 0 aliphatic rings. The highest BCUT2D eigenvalue weighted by molar-refractivity contribution is 6.01. The van der Waals surface area contributed by atoms with E-state index in [2.05, 4.69) is 19.2 Å². The highest BCUT2D eigenvalue weighted by Gasteiger charge is 2.13. The average Bonchev–Trinajstić information content (AvgIpc) is 2.66. The van der Waals surface area contributed by atoms with Crippen molar-refractivity contribution in [2.45, 2.75) is 19.8 Å². The molecule has 0 spiro atoms. The van der Waals surface area contributed by atoms with Crippen molar-refractivity contribution in [3.8, 4) is 5.75 Å². The topological polar surface area (TPSA) is 93.7 Å². The van der Waals surface area contributed by atoms with Gasteiger partial charge < -0.3 is 14.8 Å². The number of amides is 3. The molecule has 0 saturated heterocycles. The highest BCUT2D eigenvalue weighted by atomic mass is 19.1. The largest absolute Gasteiger partial charge is 0.482 e. The normalized spacial score (nSPS) is 10.3. The molecule has 3 amide bonds. The minimum Gasteiger partial charge on any atom is -0.482 e. The molecule has 148 valence electrons. The summed E-state index contributed by atoms with van der Waals surface area (Å²) in [6.45, 7) is 3.08. The van der Waals surface area contributed by atoms with Crippen LogP contribution in [0.2, 0.25) is 0 Å². The Morgan fingerprint density at radius 3 is 2.32 bits per heavy atom. The quantitative estimate of drug-likeness (QED) is 0.711. The molecule has 2 N–H and O–H groups in total. The van der Waals surface area contributed by atoms with Gasteiger partial charge in [0.25, 0.3) is 5.91 Å². The second-order valence-electron chi connectivity index (χ2n) is 6.16. The lowest BCUT2D eigenvalue weighted by Crippen LogP contribution is -2.37. The van der Waals surface area contributed by atoms with Gasteiger partial charge in [0.2, 0.25) is 0 Å². The smallest absolute Gasteiger partial charge is 0.344 e. The molecule has 0 atom stereocenters. The maximum Gasteiger partial charge on any atom is 0.344 e.